The Kier molecular flexibility index (Phi) is 25.1. The van der Waals surface area contributed by atoms with E-state index >= 15 is 0 Å². The van der Waals surface area contributed by atoms with Gasteiger partial charge in [-0.05, 0) is 65.2 Å². The van der Waals surface area contributed by atoms with Gasteiger partial charge < -0.3 is 18.9 Å². The minimum atomic E-state index is -0.499. The fraction of sp³-hybridized carbons (Fsp3) is 1.00. The summed E-state index contributed by atoms with van der Waals surface area (Å²) in [5, 5.41) is 0. The van der Waals surface area contributed by atoms with E-state index in [-0.39, 0.29) is 23.4 Å². The summed E-state index contributed by atoms with van der Waals surface area (Å²) in [6.07, 6.45) is 49.0. The highest BCUT2D eigenvalue weighted by molar-refractivity contribution is 4.95. The van der Waals surface area contributed by atoms with Crippen molar-refractivity contribution in [2.75, 3.05) is 13.2 Å². The highest BCUT2D eigenvalue weighted by Gasteiger charge is 2.49. The second-order valence-electron chi connectivity index (χ2n) is 18.0. The SMILES string of the molecule is CCCCCCCCCCCCCCCC1(C(C)OC2(OC(C)C3(CCCCCCCCCCCCCCC)CCCO3)CCCCC2)CCCO1. The molecule has 0 aromatic heterocycles. The summed E-state index contributed by atoms with van der Waals surface area (Å²) in [4.78, 5) is 0. The molecule has 52 heavy (non-hydrogen) atoms. The van der Waals surface area contributed by atoms with Crippen molar-refractivity contribution < 1.29 is 18.9 Å². The first-order valence-corrected chi connectivity index (χ1v) is 24.1. The van der Waals surface area contributed by atoms with E-state index in [2.05, 4.69) is 27.7 Å². The highest BCUT2D eigenvalue weighted by atomic mass is 16.7. The summed E-state index contributed by atoms with van der Waals surface area (Å²) >= 11 is 0. The van der Waals surface area contributed by atoms with Crippen LogP contribution in [0.15, 0.2) is 0 Å². The second kappa shape index (κ2) is 28.3. The number of ether oxygens (including phenoxy) is 4. The Morgan fingerprint density at radius 1 is 0.385 bits per heavy atom. The Balaban J connectivity index is 1.38. The van der Waals surface area contributed by atoms with Crippen LogP contribution in [0.5, 0.6) is 0 Å². The van der Waals surface area contributed by atoms with Crippen molar-refractivity contribution in [2.24, 2.45) is 0 Å². The first-order valence-electron chi connectivity index (χ1n) is 24.1. The zero-order chi connectivity index (χ0) is 37.1. The van der Waals surface area contributed by atoms with Crippen LogP contribution in [0.4, 0.5) is 0 Å². The first kappa shape index (κ1) is 46.2. The van der Waals surface area contributed by atoms with E-state index < -0.39 is 5.79 Å². The van der Waals surface area contributed by atoms with Gasteiger partial charge in [-0.15, -0.1) is 0 Å². The molecular formula is C48H92O4. The van der Waals surface area contributed by atoms with Gasteiger partial charge in [-0.3, -0.25) is 0 Å². The Hall–Kier alpha value is -0.160. The molecule has 4 heteroatoms. The molecule has 2 saturated heterocycles. The lowest BCUT2D eigenvalue weighted by Gasteiger charge is -2.47. The van der Waals surface area contributed by atoms with Gasteiger partial charge in [0.25, 0.3) is 0 Å². The third kappa shape index (κ3) is 17.7. The third-order valence-corrected chi connectivity index (χ3v) is 13.6. The third-order valence-electron chi connectivity index (χ3n) is 13.6. The smallest absolute Gasteiger partial charge is 0.169 e. The van der Waals surface area contributed by atoms with Crippen molar-refractivity contribution >= 4 is 0 Å². The van der Waals surface area contributed by atoms with Gasteiger partial charge in [-0.1, -0.05) is 187 Å². The monoisotopic (exact) mass is 733 g/mol. The average Bonchev–Trinajstić information content (AvgIpc) is 3.84. The van der Waals surface area contributed by atoms with E-state index in [0.29, 0.717) is 0 Å². The first-order chi connectivity index (χ1) is 25.5. The summed E-state index contributed by atoms with van der Waals surface area (Å²) in [7, 11) is 0. The van der Waals surface area contributed by atoms with Crippen molar-refractivity contribution in [1.29, 1.82) is 0 Å². The van der Waals surface area contributed by atoms with Gasteiger partial charge in [-0.2, -0.15) is 0 Å². The maximum atomic E-state index is 7.22. The lowest BCUT2D eigenvalue weighted by molar-refractivity contribution is -0.325. The lowest BCUT2D eigenvalue weighted by Crippen LogP contribution is -2.53. The normalized spacial score (nSPS) is 24.5. The van der Waals surface area contributed by atoms with Crippen LogP contribution in [-0.2, 0) is 18.9 Å². The van der Waals surface area contributed by atoms with Gasteiger partial charge in [0.15, 0.2) is 5.79 Å². The quantitative estimate of drug-likeness (QED) is 0.0488. The number of hydrogen-bond donors (Lipinski definition) is 0. The summed E-state index contributed by atoms with van der Waals surface area (Å²) < 4.78 is 27.7. The molecule has 2 aliphatic heterocycles. The molecule has 0 bridgehead atoms. The Bertz CT molecular complexity index is 749. The molecule has 3 fully saturated rings. The summed E-state index contributed by atoms with van der Waals surface area (Å²) in [5.74, 6) is -0.499. The van der Waals surface area contributed by atoms with Crippen LogP contribution in [0.25, 0.3) is 0 Å². The van der Waals surface area contributed by atoms with Gasteiger partial charge in [-0.25, -0.2) is 0 Å². The van der Waals surface area contributed by atoms with Crippen LogP contribution in [0, 0.1) is 0 Å². The molecule has 4 nitrogen and oxygen atoms in total. The van der Waals surface area contributed by atoms with Crippen molar-refractivity contribution in [3.05, 3.63) is 0 Å². The van der Waals surface area contributed by atoms with Gasteiger partial charge in [0.2, 0.25) is 0 Å². The van der Waals surface area contributed by atoms with Crippen molar-refractivity contribution in [3.63, 3.8) is 0 Å². The molecule has 4 unspecified atom stereocenters. The molecular weight excluding hydrogens is 641 g/mol. The van der Waals surface area contributed by atoms with Gasteiger partial charge in [0.1, 0.15) is 0 Å². The lowest BCUT2D eigenvalue weighted by atomic mass is 9.85. The fourth-order valence-electron chi connectivity index (χ4n) is 9.98. The molecule has 2 heterocycles. The minimum absolute atomic E-state index is 0.0548. The fourth-order valence-corrected chi connectivity index (χ4v) is 9.98. The minimum Gasteiger partial charge on any atom is -0.372 e. The van der Waals surface area contributed by atoms with Crippen LogP contribution in [-0.4, -0.2) is 42.4 Å². The van der Waals surface area contributed by atoms with Crippen LogP contribution in [0.1, 0.15) is 265 Å². The molecule has 0 aromatic rings. The van der Waals surface area contributed by atoms with Gasteiger partial charge in [0, 0.05) is 26.1 Å². The Labute approximate surface area is 325 Å². The Morgan fingerprint density at radius 2 is 0.692 bits per heavy atom. The molecule has 308 valence electrons. The summed E-state index contributed by atoms with van der Waals surface area (Å²) in [6.45, 7) is 11.0. The topological polar surface area (TPSA) is 36.9 Å². The van der Waals surface area contributed by atoms with Crippen LogP contribution in [0.2, 0.25) is 0 Å². The number of rotatable bonds is 34. The average molecular weight is 733 g/mol. The molecule has 0 radical (unpaired) electrons. The van der Waals surface area contributed by atoms with Crippen LogP contribution in [0.3, 0.4) is 0 Å². The van der Waals surface area contributed by atoms with E-state index in [1.807, 2.05) is 0 Å². The van der Waals surface area contributed by atoms with E-state index in [4.69, 9.17) is 18.9 Å². The largest absolute Gasteiger partial charge is 0.372 e. The molecule has 0 spiro atoms. The maximum Gasteiger partial charge on any atom is 0.169 e. The zero-order valence-electron chi connectivity index (χ0n) is 35.9. The molecule has 3 aliphatic rings. The van der Waals surface area contributed by atoms with E-state index in [0.717, 1.165) is 64.6 Å². The van der Waals surface area contributed by atoms with Crippen LogP contribution < -0.4 is 0 Å². The molecule has 0 N–H and O–H groups in total. The van der Waals surface area contributed by atoms with Crippen molar-refractivity contribution in [1.82, 2.24) is 0 Å². The van der Waals surface area contributed by atoms with E-state index in [1.165, 1.54) is 186 Å². The van der Waals surface area contributed by atoms with E-state index in [9.17, 15) is 0 Å². The summed E-state index contributed by atoms with van der Waals surface area (Å²) in [6, 6.07) is 0. The summed E-state index contributed by atoms with van der Waals surface area (Å²) in [5.41, 5.74) is -0.296. The van der Waals surface area contributed by atoms with E-state index in [1.54, 1.807) is 0 Å². The van der Waals surface area contributed by atoms with Gasteiger partial charge >= 0.3 is 0 Å². The molecule has 1 saturated carbocycles. The standard InChI is InChI=1S/C48H92O4/c1-5-7-9-11-13-15-17-19-21-23-25-27-30-36-46(38-34-42-49-46)44(3)51-48(40-32-29-33-41-48)52-45(4)47(39-35-43-50-47)37-31-28-26-24-22-20-18-16-14-12-10-8-6-2/h44-45H,5-43H2,1-4H3. The molecule has 3 rings (SSSR count). The molecule has 4 atom stereocenters. The zero-order valence-corrected chi connectivity index (χ0v) is 35.9. The Morgan fingerprint density at radius 3 is 0.981 bits per heavy atom. The van der Waals surface area contributed by atoms with Crippen molar-refractivity contribution in [3.8, 4) is 0 Å². The predicted octanol–water partition coefficient (Wildman–Crippen LogP) is 15.5. The second-order valence-corrected chi connectivity index (χ2v) is 18.0. The molecule has 1 aliphatic carbocycles. The molecule has 0 amide bonds. The van der Waals surface area contributed by atoms with Gasteiger partial charge in [0.05, 0.1) is 23.4 Å². The number of hydrogen-bond acceptors (Lipinski definition) is 4. The highest BCUT2D eigenvalue weighted by Crippen LogP contribution is 2.44. The van der Waals surface area contributed by atoms with Crippen LogP contribution >= 0.6 is 0 Å². The number of unbranched alkanes of at least 4 members (excludes halogenated alkanes) is 24. The maximum absolute atomic E-state index is 7.22. The predicted molar refractivity (Wildman–Crippen MR) is 223 cm³/mol. The molecule has 0 aromatic carbocycles. The van der Waals surface area contributed by atoms with Crippen molar-refractivity contribution in [2.45, 2.75) is 294 Å².